The summed E-state index contributed by atoms with van der Waals surface area (Å²) < 4.78 is 2.11. The topological polar surface area (TPSA) is 20.2 Å². The summed E-state index contributed by atoms with van der Waals surface area (Å²) in [7, 11) is 0. The molecule has 0 amide bonds. The average Bonchev–Trinajstić information content (AvgIpc) is 2.68. The fourth-order valence-corrected chi connectivity index (χ4v) is 2.95. The van der Waals surface area contributed by atoms with Gasteiger partial charge in [-0.3, -0.25) is 0 Å². The number of rotatable bonds is 3. The Labute approximate surface area is 115 Å². The lowest BCUT2D eigenvalue weighted by molar-refractivity contribution is 0.179. The summed E-state index contributed by atoms with van der Waals surface area (Å²) >= 11 is 8.38. The maximum Gasteiger partial charge on any atom is 0.0838 e. The molecular formula is C12H10Br2OS. The molecule has 0 radical (unpaired) electrons. The molecule has 1 unspecified atom stereocenters. The maximum atomic E-state index is 10.0. The van der Waals surface area contributed by atoms with Crippen molar-refractivity contribution in [2.24, 2.45) is 0 Å². The molecule has 4 heteroatoms. The normalized spacial score (nSPS) is 12.7. The van der Waals surface area contributed by atoms with Crippen LogP contribution < -0.4 is 0 Å². The minimum atomic E-state index is -0.427. The highest BCUT2D eigenvalue weighted by Gasteiger charge is 2.10. The van der Waals surface area contributed by atoms with E-state index in [0.717, 1.165) is 19.4 Å². The van der Waals surface area contributed by atoms with Gasteiger partial charge in [-0.15, -0.1) is 11.3 Å². The van der Waals surface area contributed by atoms with Crippen LogP contribution in [0.3, 0.4) is 0 Å². The van der Waals surface area contributed by atoms with Crippen LogP contribution in [0.2, 0.25) is 0 Å². The Bertz CT molecular complexity index is 464. The number of aliphatic hydroxyl groups is 1. The summed E-state index contributed by atoms with van der Waals surface area (Å²) in [5, 5.41) is 12.0. The van der Waals surface area contributed by atoms with Gasteiger partial charge in [0.25, 0.3) is 0 Å². The summed E-state index contributed by atoms with van der Waals surface area (Å²) in [5.41, 5.74) is 2.11. The Morgan fingerprint density at radius 1 is 1.19 bits per heavy atom. The summed E-state index contributed by atoms with van der Waals surface area (Å²) in [4.78, 5) is 0. The van der Waals surface area contributed by atoms with Gasteiger partial charge in [0.2, 0.25) is 0 Å². The number of benzene rings is 1. The van der Waals surface area contributed by atoms with Gasteiger partial charge in [0, 0.05) is 10.9 Å². The molecule has 1 atom stereocenters. The van der Waals surface area contributed by atoms with Crippen LogP contribution in [-0.4, -0.2) is 5.11 Å². The fourth-order valence-electron chi connectivity index (χ4n) is 1.46. The smallest absolute Gasteiger partial charge is 0.0838 e. The van der Waals surface area contributed by atoms with Gasteiger partial charge in [-0.2, -0.15) is 0 Å². The maximum absolute atomic E-state index is 10.0. The van der Waals surface area contributed by atoms with Crippen molar-refractivity contribution < 1.29 is 5.11 Å². The van der Waals surface area contributed by atoms with E-state index in [1.54, 1.807) is 11.3 Å². The molecule has 1 heterocycles. The Hall–Kier alpha value is -0.160. The molecule has 2 aromatic rings. The van der Waals surface area contributed by atoms with E-state index in [4.69, 9.17) is 0 Å². The zero-order chi connectivity index (χ0) is 11.5. The molecule has 0 aliphatic carbocycles. The van der Waals surface area contributed by atoms with Crippen LogP contribution in [0.15, 0.2) is 44.0 Å². The van der Waals surface area contributed by atoms with Crippen LogP contribution >= 0.6 is 43.2 Å². The first-order chi connectivity index (χ1) is 7.65. The molecule has 1 nitrogen and oxygen atoms in total. The number of halogens is 2. The molecule has 0 spiro atoms. The monoisotopic (exact) mass is 360 g/mol. The van der Waals surface area contributed by atoms with Gasteiger partial charge in [0.1, 0.15) is 0 Å². The van der Waals surface area contributed by atoms with E-state index in [2.05, 4.69) is 31.9 Å². The first-order valence-electron chi connectivity index (χ1n) is 4.81. The minimum Gasteiger partial charge on any atom is -0.388 e. The van der Waals surface area contributed by atoms with Crippen LogP contribution in [-0.2, 0) is 6.42 Å². The van der Waals surface area contributed by atoms with Crippen molar-refractivity contribution in [1.82, 2.24) is 0 Å². The lowest BCUT2D eigenvalue weighted by atomic mass is 10.0. The van der Waals surface area contributed by atoms with Crippen molar-refractivity contribution in [3.05, 3.63) is 55.1 Å². The van der Waals surface area contributed by atoms with E-state index >= 15 is 0 Å². The lowest BCUT2D eigenvalue weighted by Crippen LogP contribution is -1.99. The van der Waals surface area contributed by atoms with Gasteiger partial charge >= 0.3 is 0 Å². The van der Waals surface area contributed by atoms with Crippen molar-refractivity contribution in [1.29, 1.82) is 0 Å². The predicted octanol–water partition coefficient (Wildman–Crippen LogP) is 4.55. The molecule has 2 rings (SSSR count). The second-order valence-electron chi connectivity index (χ2n) is 3.53. The Morgan fingerprint density at radius 3 is 2.44 bits per heavy atom. The van der Waals surface area contributed by atoms with E-state index in [-0.39, 0.29) is 0 Å². The molecule has 1 aromatic carbocycles. The quantitative estimate of drug-likeness (QED) is 0.850. The van der Waals surface area contributed by atoms with E-state index in [1.807, 2.05) is 35.7 Å². The minimum absolute atomic E-state index is 0.427. The van der Waals surface area contributed by atoms with Crippen molar-refractivity contribution in [2.45, 2.75) is 12.5 Å². The first-order valence-corrected chi connectivity index (χ1v) is 7.28. The first kappa shape index (κ1) is 12.3. The SMILES string of the molecule is OC(Cc1ccc(Br)cc1)c1csc(Br)c1. The summed E-state index contributed by atoms with van der Waals surface area (Å²) in [5.74, 6) is 0. The third-order valence-electron chi connectivity index (χ3n) is 2.31. The molecule has 0 saturated heterocycles. The van der Waals surface area contributed by atoms with Gasteiger partial charge in [0.15, 0.2) is 0 Å². The van der Waals surface area contributed by atoms with Crippen molar-refractivity contribution in [3.8, 4) is 0 Å². The van der Waals surface area contributed by atoms with E-state index in [1.165, 1.54) is 0 Å². The van der Waals surface area contributed by atoms with Gasteiger partial charge in [0.05, 0.1) is 9.89 Å². The van der Waals surface area contributed by atoms with Gasteiger partial charge in [-0.05, 0) is 50.6 Å². The zero-order valence-electron chi connectivity index (χ0n) is 8.36. The zero-order valence-corrected chi connectivity index (χ0v) is 12.3. The number of aliphatic hydroxyl groups excluding tert-OH is 1. The van der Waals surface area contributed by atoms with Gasteiger partial charge < -0.3 is 5.11 Å². The van der Waals surface area contributed by atoms with E-state index in [9.17, 15) is 5.11 Å². The molecule has 0 aliphatic rings. The van der Waals surface area contributed by atoms with Crippen molar-refractivity contribution in [2.75, 3.05) is 0 Å². The number of thiophene rings is 1. The number of hydrogen-bond donors (Lipinski definition) is 1. The van der Waals surface area contributed by atoms with E-state index in [0.29, 0.717) is 6.42 Å². The molecule has 0 fully saturated rings. The molecule has 0 saturated carbocycles. The molecule has 0 aliphatic heterocycles. The lowest BCUT2D eigenvalue weighted by Gasteiger charge is -2.08. The Kier molecular flexibility index (Phi) is 4.19. The van der Waals surface area contributed by atoms with Crippen LogP contribution in [0, 0.1) is 0 Å². The Morgan fingerprint density at radius 2 is 1.88 bits per heavy atom. The highest BCUT2D eigenvalue weighted by molar-refractivity contribution is 9.11. The largest absolute Gasteiger partial charge is 0.388 e. The predicted molar refractivity (Wildman–Crippen MR) is 74.8 cm³/mol. The molecule has 1 N–H and O–H groups in total. The second-order valence-corrected chi connectivity index (χ2v) is 6.74. The molecule has 16 heavy (non-hydrogen) atoms. The molecular weight excluding hydrogens is 352 g/mol. The van der Waals surface area contributed by atoms with Crippen molar-refractivity contribution in [3.63, 3.8) is 0 Å². The fraction of sp³-hybridized carbons (Fsp3) is 0.167. The van der Waals surface area contributed by atoms with Gasteiger partial charge in [-0.25, -0.2) is 0 Å². The number of hydrogen-bond acceptors (Lipinski definition) is 2. The van der Waals surface area contributed by atoms with Gasteiger partial charge in [-0.1, -0.05) is 28.1 Å². The standard InChI is InChI=1S/C12H10Br2OS/c13-10-3-1-8(2-4-10)5-11(15)9-6-12(14)16-7-9/h1-4,6-7,11,15H,5H2. The van der Waals surface area contributed by atoms with E-state index < -0.39 is 6.10 Å². The highest BCUT2D eigenvalue weighted by atomic mass is 79.9. The average molecular weight is 362 g/mol. The third-order valence-corrected chi connectivity index (χ3v) is 4.37. The third kappa shape index (κ3) is 3.17. The van der Waals surface area contributed by atoms with Crippen LogP contribution in [0.5, 0.6) is 0 Å². The molecule has 84 valence electrons. The second kappa shape index (κ2) is 5.45. The van der Waals surface area contributed by atoms with Crippen LogP contribution in [0.4, 0.5) is 0 Å². The van der Waals surface area contributed by atoms with Crippen LogP contribution in [0.1, 0.15) is 17.2 Å². The summed E-state index contributed by atoms with van der Waals surface area (Å²) in [6.07, 6.45) is 0.222. The molecule has 1 aromatic heterocycles. The summed E-state index contributed by atoms with van der Waals surface area (Å²) in [6, 6.07) is 9.99. The highest BCUT2D eigenvalue weighted by Crippen LogP contribution is 2.27. The van der Waals surface area contributed by atoms with Crippen LogP contribution in [0.25, 0.3) is 0 Å². The molecule has 0 bridgehead atoms. The summed E-state index contributed by atoms with van der Waals surface area (Å²) in [6.45, 7) is 0. The Balaban J connectivity index is 2.07. The van der Waals surface area contributed by atoms with Crippen molar-refractivity contribution >= 4 is 43.2 Å².